The monoisotopic (exact) mass is 437 g/mol. The molecule has 0 aromatic rings. The van der Waals surface area contributed by atoms with Crippen LogP contribution in [0.1, 0.15) is 168 Å². The van der Waals surface area contributed by atoms with Gasteiger partial charge in [-0.15, -0.1) is 0 Å². The predicted molar refractivity (Wildman–Crippen MR) is 144 cm³/mol. The maximum Gasteiger partial charge on any atom is 0.00891 e. The topological polar surface area (TPSA) is 3.24 Å². The smallest absolute Gasteiger partial charge is 0.00891 e. The zero-order valence-corrected chi connectivity index (χ0v) is 22.9. The molecule has 0 aliphatic rings. The summed E-state index contributed by atoms with van der Waals surface area (Å²) in [6, 6.07) is 0.817. The van der Waals surface area contributed by atoms with E-state index in [0.717, 1.165) is 12.0 Å². The summed E-state index contributed by atoms with van der Waals surface area (Å²) in [5.74, 6) is 0.954. The van der Waals surface area contributed by atoms with Crippen LogP contribution in [0.5, 0.6) is 0 Å². The van der Waals surface area contributed by atoms with Crippen molar-refractivity contribution in [2.75, 3.05) is 14.1 Å². The van der Waals surface area contributed by atoms with Crippen molar-refractivity contribution >= 4 is 0 Å². The van der Waals surface area contributed by atoms with Crippen molar-refractivity contribution in [3.8, 4) is 0 Å². The van der Waals surface area contributed by atoms with E-state index < -0.39 is 0 Å². The molecule has 1 nitrogen and oxygen atoms in total. The predicted octanol–water partition coefficient (Wildman–Crippen LogP) is 10.6. The SMILES string of the molecule is CCCCCCCCCCC(C)CCCCCCCC(CCCCCCCC)N(C)C. The maximum absolute atomic E-state index is 2.49. The summed E-state index contributed by atoms with van der Waals surface area (Å²) in [5.41, 5.74) is 0. The third-order valence-corrected chi connectivity index (χ3v) is 7.41. The molecular weight excluding hydrogens is 374 g/mol. The van der Waals surface area contributed by atoms with Gasteiger partial charge in [0.25, 0.3) is 0 Å². The summed E-state index contributed by atoms with van der Waals surface area (Å²) < 4.78 is 0. The zero-order valence-electron chi connectivity index (χ0n) is 22.9. The summed E-state index contributed by atoms with van der Waals surface area (Å²) >= 11 is 0. The molecule has 0 spiro atoms. The molecule has 0 aromatic carbocycles. The van der Waals surface area contributed by atoms with Crippen LogP contribution in [0.2, 0.25) is 0 Å². The van der Waals surface area contributed by atoms with Crippen LogP contribution in [-0.4, -0.2) is 25.0 Å². The Labute approximate surface area is 199 Å². The molecule has 31 heavy (non-hydrogen) atoms. The lowest BCUT2D eigenvalue weighted by molar-refractivity contribution is 0.251. The molecular formula is C30H63N. The van der Waals surface area contributed by atoms with E-state index in [2.05, 4.69) is 39.8 Å². The average molecular weight is 438 g/mol. The number of unbranched alkanes of at least 4 members (excludes halogenated alkanes) is 16. The largest absolute Gasteiger partial charge is 0.306 e. The highest BCUT2D eigenvalue weighted by molar-refractivity contribution is 4.67. The van der Waals surface area contributed by atoms with Gasteiger partial charge in [-0.25, -0.2) is 0 Å². The van der Waals surface area contributed by atoms with E-state index in [9.17, 15) is 0 Å². The third kappa shape index (κ3) is 22.9. The van der Waals surface area contributed by atoms with Gasteiger partial charge in [0.05, 0.1) is 0 Å². The quantitative estimate of drug-likeness (QED) is 0.128. The number of nitrogens with zero attached hydrogens (tertiary/aromatic N) is 1. The van der Waals surface area contributed by atoms with Gasteiger partial charge in [-0.1, -0.05) is 156 Å². The lowest BCUT2D eigenvalue weighted by Gasteiger charge is -2.24. The van der Waals surface area contributed by atoms with Gasteiger partial charge in [-0.2, -0.15) is 0 Å². The molecule has 2 atom stereocenters. The molecule has 0 aliphatic heterocycles. The average Bonchev–Trinajstić information content (AvgIpc) is 2.75. The van der Waals surface area contributed by atoms with Gasteiger partial charge in [0.1, 0.15) is 0 Å². The van der Waals surface area contributed by atoms with Gasteiger partial charge < -0.3 is 4.90 Å². The fourth-order valence-corrected chi connectivity index (χ4v) is 5.00. The minimum Gasteiger partial charge on any atom is -0.306 e. The molecule has 0 heterocycles. The van der Waals surface area contributed by atoms with Crippen LogP contribution in [-0.2, 0) is 0 Å². The van der Waals surface area contributed by atoms with Crippen molar-refractivity contribution in [2.24, 2.45) is 5.92 Å². The molecule has 0 amide bonds. The van der Waals surface area contributed by atoms with Crippen molar-refractivity contribution < 1.29 is 0 Å². The maximum atomic E-state index is 2.49. The Morgan fingerprint density at radius 3 is 1.03 bits per heavy atom. The first-order valence-corrected chi connectivity index (χ1v) is 14.8. The second-order valence-corrected chi connectivity index (χ2v) is 10.9. The van der Waals surface area contributed by atoms with Gasteiger partial charge in [0, 0.05) is 6.04 Å². The van der Waals surface area contributed by atoms with Crippen molar-refractivity contribution in [1.82, 2.24) is 4.90 Å². The van der Waals surface area contributed by atoms with Crippen LogP contribution < -0.4 is 0 Å². The molecule has 0 N–H and O–H groups in total. The van der Waals surface area contributed by atoms with E-state index in [1.54, 1.807) is 0 Å². The third-order valence-electron chi connectivity index (χ3n) is 7.41. The second kappa shape index (κ2) is 24.6. The van der Waals surface area contributed by atoms with Crippen molar-refractivity contribution in [3.05, 3.63) is 0 Å². The first-order valence-electron chi connectivity index (χ1n) is 14.8. The Morgan fingerprint density at radius 2 is 0.710 bits per heavy atom. The zero-order chi connectivity index (χ0) is 23.0. The summed E-state index contributed by atoms with van der Waals surface area (Å²) in [7, 11) is 4.57. The highest BCUT2D eigenvalue weighted by Gasteiger charge is 2.10. The second-order valence-electron chi connectivity index (χ2n) is 10.9. The summed E-state index contributed by atoms with van der Waals surface area (Å²) in [5, 5.41) is 0. The molecule has 0 saturated heterocycles. The van der Waals surface area contributed by atoms with E-state index in [1.807, 2.05) is 0 Å². The summed E-state index contributed by atoms with van der Waals surface area (Å²) in [6.07, 6.45) is 33.2. The Morgan fingerprint density at radius 1 is 0.419 bits per heavy atom. The summed E-state index contributed by atoms with van der Waals surface area (Å²) in [4.78, 5) is 2.49. The number of rotatable bonds is 25. The first-order chi connectivity index (χ1) is 15.1. The van der Waals surface area contributed by atoms with Crippen LogP contribution in [0.3, 0.4) is 0 Å². The van der Waals surface area contributed by atoms with Crippen LogP contribution in [0, 0.1) is 5.92 Å². The lowest BCUT2D eigenvalue weighted by atomic mass is 9.95. The van der Waals surface area contributed by atoms with Gasteiger partial charge in [0.15, 0.2) is 0 Å². The molecule has 0 aliphatic carbocycles. The minimum absolute atomic E-state index is 0.817. The Bertz CT molecular complexity index is 324. The molecule has 0 rings (SSSR count). The van der Waals surface area contributed by atoms with Gasteiger partial charge in [0.2, 0.25) is 0 Å². The standard InChI is InChI=1S/C30H63N/c1-6-8-10-12-14-15-17-21-25-29(3)26-22-18-16-20-24-28-30(31(4)5)27-23-19-13-11-9-7-2/h29-30H,6-28H2,1-5H3. The van der Waals surface area contributed by atoms with Gasteiger partial charge in [-0.05, 0) is 32.9 Å². The highest BCUT2D eigenvalue weighted by atomic mass is 15.1. The number of hydrogen-bond acceptors (Lipinski definition) is 1. The Kier molecular flexibility index (Phi) is 24.6. The van der Waals surface area contributed by atoms with Crippen LogP contribution in [0.4, 0.5) is 0 Å². The number of hydrogen-bond donors (Lipinski definition) is 0. The van der Waals surface area contributed by atoms with Crippen LogP contribution in [0.15, 0.2) is 0 Å². The van der Waals surface area contributed by atoms with Crippen LogP contribution in [0.25, 0.3) is 0 Å². The molecule has 0 radical (unpaired) electrons. The molecule has 1 heteroatoms. The fourth-order valence-electron chi connectivity index (χ4n) is 5.00. The molecule has 0 bridgehead atoms. The minimum atomic E-state index is 0.817. The van der Waals surface area contributed by atoms with E-state index in [1.165, 1.54) is 148 Å². The molecule has 0 saturated carbocycles. The molecule has 2 unspecified atom stereocenters. The first kappa shape index (κ1) is 31.0. The molecule has 0 fully saturated rings. The van der Waals surface area contributed by atoms with Crippen molar-refractivity contribution in [2.45, 2.75) is 174 Å². The highest BCUT2D eigenvalue weighted by Crippen LogP contribution is 2.20. The van der Waals surface area contributed by atoms with E-state index >= 15 is 0 Å². The van der Waals surface area contributed by atoms with Crippen LogP contribution >= 0.6 is 0 Å². The van der Waals surface area contributed by atoms with Crippen molar-refractivity contribution in [1.29, 1.82) is 0 Å². The lowest BCUT2D eigenvalue weighted by Crippen LogP contribution is -2.27. The Balaban J connectivity index is 3.48. The Hall–Kier alpha value is -0.0400. The fraction of sp³-hybridized carbons (Fsp3) is 1.00. The van der Waals surface area contributed by atoms with E-state index in [-0.39, 0.29) is 0 Å². The molecule has 0 aromatic heterocycles. The molecule has 188 valence electrons. The van der Waals surface area contributed by atoms with Gasteiger partial charge >= 0.3 is 0 Å². The van der Waals surface area contributed by atoms with Crippen molar-refractivity contribution in [3.63, 3.8) is 0 Å². The summed E-state index contributed by atoms with van der Waals surface area (Å²) in [6.45, 7) is 7.10. The van der Waals surface area contributed by atoms with E-state index in [4.69, 9.17) is 0 Å². The normalized spacial score (nSPS) is 13.7. The van der Waals surface area contributed by atoms with Gasteiger partial charge in [-0.3, -0.25) is 0 Å². The van der Waals surface area contributed by atoms with E-state index in [0.29, 0.717) is 0 Å².